The standard InChI is InChI=1S/C40H75N3O2/c1-6-8-9-10-11-12-23-43-24-13-16-30(3)34-17-18-35-38-31(7-2)27-32-28-33(44-25-14-21-41)19-20-39(32,4)36(38)29-37(40(34,35)5)45-26-15-22-42/h7,30-38,43H,2,6,8-29,41-42H2,1,3-5H3/t30-,31-,32-,33-,34-,35+,36+,37+,38+,39+,40-/m1/s1. The van der Waals surface area contributed by atoms with Gasteiger partial charge in [0.2, 0.25) is 0 Å². The van der Waals surface area contributed by atoms with Crippen LogP contribution in [-0.2, 0) is 9.47 Å². The van der Waals surface area contributed by atoms with E-state index in [9.17, 15) is 0 Å². The molecule has 4 aliphatic rings. The molecule has 0 aromatic carbocycles. The van der Waals surface area contributed by atoms with Crippen LogP contribution < -0.4 is 16.8 Å². The second-order valence-corrected chi connectivity index (χ2v) is 16.5. The monoisotopic (exact) mass is 630 g/mol. The third-order valence-electron chi connectivity index (χ3n) is 13.9. The number of fused-ring (bicyclic) bond motifs is 5. The summed E-state index contributed by atoms with van der Waals surface area (Å²) in [6.07, 6.45) is 24.9. The van der Waals surface area contributed by atoms with E-state index < -0.39 is 0 Å². The molecule has 0 aromatic rings. The van der Waals surface area contributed by atoms with Crippen molar-refractivity contribution in [3.8, 4) is 0 Å². The summed E-state index contributed by atoms with van der Waals surface area (Å²) >= 11 is 0. The molecule has 0 bridgehead atoms. The third kappa shape index (κ3) is 8.77. The Kier molecular flexibility index (Phi) is 15.2. The quantitative estimate of drug-likeness (QED) is 0.0876. The summed E-state index contributed by atoms with van der Waals surface area (Å²) in [7, 11) is 0. The number of hydrogen-bond acceptors (Lipinski definition) is 5. The lowest BCUT2D eigenvalue weighted by Gasteiger charge is -2.65. The summed E-state index contributed by atoms with van der Waals surface area (Å²) in [5, 5.41) is 3.77. The summed E-state index contributed by atoms with van der Waals surface area (Å²) < 4.78 is 13.4. The molecule has 4 rings (SSSR count). The molecule has 4 fully saturated rings. The van der Waals surface area contributed by atoms with Crippen LogP contribution in [0.3, 0.4) is 0 Å². The molecule has 4 aliphatic carbocycles. The second kappa shape index (κ2) is 18.3. The molecule has 0 heterocycles. The van der Waals surface area contributed by atoms with Gasteiger partial charge in [-0.1, -0.05) is 65.9 Å². The largest absolute Gasteiger partial charge is 0.378 e. The van der Waals surface area contributed by atoms with E-state index in [1.165, 1.54) is 109 Å². The average Bonchev–Trinajstić information content (AvgIpc) is 3.40. The molecule has 5 heteroatoms. The van der Waals surface area contributed by atoms with E-state index in [2.05, 4.69) is 45.7 Å². The normalized spacial score (nSPS) is 38.4. The van der Waals surface area contributed by atoms with Crippen molar-refractivity contribution in [2.45, 2.75) is 149 Å². The predicted octanol–water partition coefficient (Wildman–Crippen LogP) is 8.50. The van der Waals surface area contributed by atoms with Crippen LogP contribution >= 0.6 is 0 Å². The van der Waals surface area contributed by atoms with Crippen molar-refractivity contribution < 1.29 is 9.47 Å². The number of hydrogen-bond donors (Lipinski definition) is 3. The van der Waals surface area contributed by atoms with E-state index in [0.717, 1.165) is 56.3 Å². The zero-order valence-electron chi connectivity index (χ0n) is 30.2. The van der Waals surface area contributed by atoms with Crippen molar-refractivity contribution in [2.24, 2.45) is 63.7 Å². The van der Waals surface area contributed by atoms with Gasteiger partial charge in [-0.15, -0.1) is 6.58 Å². The van der Waals surface area contributed by atoms with Crippen molar-refractivity contribution >= 4 is 0 Å². The van der Waals surface area contributed by atoms with Gasteiger partial charge in [-0.3, -0.25) is 0 Å². The van der Waals surface area contributed by atoms with Gasteiger partial charge < -0.3 is 26.3 Å². The predicted molar refractivity (Wildman–Crippen MR) is 191 cm³/mol. The van der Waals surface area contributed by atoms with Crippen molar-refractivity contribution in [3.05, 3.63) is 12.7 Å². The highest BCUT2D eigenvalue weighted by molar-refractivity contribution is 5.16. The van der Waals surface area contributed by atoms with Crippen LogP contribution in [0.5, 0.6) is 0 Å². The fourth-order valence-corrected chi connectivity index (χ4v) is 11.4. The van der Waals surface area contributed by atoms with E-state index in [1.54, 1.807) is 0 Å². The zero-order chi connectivity index (χ0) is 32.3. The Morgan fingerprint density at radius 1 is 0.844 bits per heavy atom. The number of unbranched alkanes of at least 4 members (excludes halogenated alkanes) is 5. The first-order chi connectivity index (χ1) is 21.8. The van der Waals surface area contributed by atoms with Gasteiger partial charge in [0.05, 0.1) is 12.2 Å². The molecule has 0 saturated heterocycles. The molecule has 0 spiro atoms. The van der Waals surface area contributed by atoms with Crippen LogP contribution in [0.25, 0.3) is 0 Å². The topological polar surface area (TPSA) is 82.5 Å². The minimum atomic E-state index is 0.244. The summed E-state index contributed by atoms with van der Waals surface area (Å²) in [4.78, 5) is 0. The summed E-state index contributed by atoms with van der Waals surface area (Å²) in [5.74, 6) is 5.00. The van der Waals surface area contributed by atoms with E-state index in [4.69, 9.17) is 20.9 Å². The second-order valence-electron chi connectivity index (χ2n) is 16.5. The number of ether oxygens (including phenoxy) is 2. The molecule has 0 aromatic heterocycles. The van der Waals surface area contributed by atoms with Gasteiger partial charge in [0.15, 0.2) is 0 Å². The molecular formula is C40H75N3O2. The Balaban J connectivity index is 1.42. The lowest BCUT2D eigenvalue weighted by molar-refractivity contribution is -0.202. The lowest BCUT2D eigenvalue weighted by atomic mass is 9.41. The molecule has 4 saturated carbocycles. The Hall–Kier alpha value is -0.460. The number of allylic oxidation sites excluding steroid dienone is 1. The van der Waals surface area contributed by atoms with Gasteiger partial charge in [-0.25, -0.2) is 0 Å². The molecule has 0 aliphatic heterocycles. The van der Waals surface area contributed by atoms with Crippen LogP contribution in [0.4, 0.5) is 0 Å². The Morgan fingerprint density at radius 3 is 2.29 bits per heavy atom. The van der Waals surface area contributed by atoms with Crippen molar-refractivity contribution in [1.29, 1.82) is 0 Å². The molecule has 262 valence electrons. The zero-order valence-corrected chi connectivity index (χ0v) is 30.2. The first kappa shape index (κ1) is 37.4. The van der Waals surface area contributed by atoms with Crippen molar-refractivity contribution in [2.75, 3.05) is 39.4 Å². The van der Waals surface area contributed by atoms with Crippen LogP contribution in [0.15, 0.2) is 12.7 Å². The number of nitrogens with two attached hydrogens (primary N) is 2. The molecule has 5 nitrogen and oxygen atoms in total. The first-order valence-corrected chi connectivity index (χ1v) is 19.8. The SMILES string of the molecule is C=C[C@@H]1C[C@@H]2C[C@H](OCCCN)CC[C@]2(C)[C@H]2C[C@H](OCCCN)[C@]3(C)[C@@H]([C@H](C)CCCNCCCCCCCC)CC[C@H]3[C@H]12. The lowest BCUT2D eigenvalue weighted by Crippen LogP contribution is -2.61. The minimum Gasteiger partial charge on any atom is -0.378 e. The van der Waals surface area contributed by atoms with Crippen molar-refractivity contribution in [3.63, 3.8) is 0 Å². The van der Waals surface area contributed by atoms with Crippen LogP contribution in [0.1, 0.15) is 137 Å². The maximum Gasteiger partial charge on any atom is 0.0637 e. The Labute approximate surface area is 279 Å². The maximum atomic E-state index is 7.00. The van der Waals surface area contributed by atoms with E-state index in [0.29, 0.717) is 41.9 Å². The van der Waals surface area contributed by atoms with Gasteiger partial charge >= 0.3 is 0 Å². The van der Waals surface area contributed by atoms with Crippen LogP contribution in [0.2, 0.25) is 0 Å². The Bertz CT molecular complexity index is 853. The molecule has 0 radical (unpaired) electrons. The summed E-state index contributed by atoms with van der Waals surface area (Å²) in [6, 6.07) is 0. The van der Waals surface area contributed by atoms with Crippen LogP contribution in [0, 0.1) is 52.3 Å². The molecule has 5 N–H and O–H groups in total. The van der Waals surface area contributed by atoms with Crippen molar-refractivity contribution in [1.82, 2.24) is 5.32 Å². The smallest absolute Gasteiger partial charge is 0.0637 e. The van der Waals surface area contributed by atoms with Gasteiger partial charge in [0.1, 0.15) is 0 Å². The third-order valence-corrected chi connectivity index (χ3v) is 13.9. The molecule has 0 amide bonds. The van der Waals surface area contributed by atoms with Gasteiger partial charge in [-0.2, -0.15) is 0 Å². The van der Waals surface area contributed by atoms with Gasteiger partial charge in [0, 0.05) is 13.2 Å². The highest BCUT2D eigenvalue weighted by Crippen LogP contribution is 2.70. The highest BCUT2D eigenvalue weighted by atomic mass is 16.5. The fourth-order valence-electron chi connectivity index (χ4n) is 11.4. The summed E-state index contributed by atoms with van der Waals surface area (Å²) in [6.45, 7) is 20.1. The highest BCUT2D eigenvalue weighted by Gasteiger charge is 2.65. The van der Waals surface area contributed by atoms with E-state index >= 15 is 0 Å². The molecule has 0 unspecified atom stereocenters. The maximum absolute atomic E-state index is 7.00. The Morgan fingerprint density at radius 2 is 1.56 bits per heavy atom. The number of nitrogens with one attached hydrogen (secondary N) is 1. The molecule has 45 heavy (non-hydrogen) atoms. The van der Waals surface area contributed by atoms with Gasteiger partial charge in [-0.05, 0) is 155 Å². The minimum absolute atomic E-state index is 0.244. The van der Waals surface area contributed by atoms with E-state index in [1.807, 2.05) is 0 Å². The number of rotatable bonds is 21. The average molecular weight is 630 g/mol. The first-order valence-electron chi connectivity index (χ1n) is 19.8. The fraction of sp³-hybridized carbons (Fsp3) is 0.950. The van der Waals surface area contributed by atoms with Gasteiger partial charge in [0.25, 0.3) is 0 Å². The summed E-state index contributed by atoms with van der Waals surface area (Å²) in [5.41, 5.74) is 12.4. The molecule has 11 atom stereocenters. The van der Waals surface area contributed by atoms with E-state index in [-0.39, 0.29) is 5.41 Å². The molecular weight excluding hydrogens is 554 g/mol. The van der Waals surface area contributed by atoms with Crippen LogP contribution in [-0.4, -0.2) is 51.6 Å².